The maximum atomic E-state index is 12.2. The van der Waals surface area contributed by atoms with E-state index >= 15 is 0 Å². The average molecular weight is 316 g/mol. The monoisotopic (exact) mass is 315 g/mol. The summed E-state index contributed by atoms with van der Waals surface area (Å²) in [6.45, 7) is 0.0823. The second-order valence-electron chi connectivity index (χ2n) is 4.41. The van der Waals surface area contributed by atoms with Gasteiger partial charge in [-0.05, 0) is 12.1 Å². The van der Waals surface area contributed by atoms with E-state index in [-0.39, 0.29) is 12.5 Å². The van der Waals surface area contributed by atoms with Crippen LogP contribution in [-0.4, -0.2) is 58.1 Å². The third kappa shape index (κ3) is 3.34. The van der Waals surface area contributed by atoms with Crippen molar-refractivity contribution in [1.29, 1.82) is 0 Å². The van der Waals surface area contributed by atoms with Gasteiger partial charge in [0.15, 0.2) is 0 Å². The third-order valence-electron chi connectivity index (χ3n) is 2.96. The van der Waals surface area contributed by atoms with Gasteiger partial charge in [-0.3, -0.25) is 4.79 Å². The molecule has 0 aromatic carbocycles. The number of hydrogen-bond donors (Lipinski definition) is 1. The van der Waals surface area contributed by atoms with Crippen LogP contribution in [0, 0.1) is 0 Å². The Morgan fingerprint density at radius 2 is 2.35 bits per heavy atom. The molecule has 1 aliphatic rings. The largest absolute Gasteiger partial charge is 0.480 e. The highest BCUT2D eigenvalue weighted by Gasteiger charge is 2.34. The molecule has 1 N–H and O–H groups in total. The van der Waals surface area contributed by atoms with Crippen molar-refractivity contribution in [1.82, 2.24) is 9.88 Å². The number of carboxylic acids is 1. The van der Waals surface area contributed by atoms with Crippen LogP contribution in [0.4, 0.5) is 5.82 Å². The number of carbonyl (C=O) groups excluding carboxylic acids is 1. The quantitative estimate of drug-likeness (QED) is 0.898. The number of thioether (sulfide) groups is 1. The number of carboxylic acid groups (broad SMARTS) is 1. The normalized spacial score (nSPS) is 18.1. The summed E-state index contributed by atoms with van der Waals surface area (Å²) in [7, 11) is 1.73. The predicted octanol–water partition coefficient (Wildman–Crippen LogP) is 1.16. The SMILES string of the molecule is CN(CC(=O)N1CSCC1C(=O)O)c1ccc(Cl)cn1. The van der Waals surface area contributed by atoms with Crippen molar-refractivity contribution in [2.45, 2.75) is 6.04 Å². The van der Waals surface area contributed by atoms with Gasteiger partial charge < -0.3 is 14.9 Å². The van der Waals surface area contributed by atoms with Crippen molar-refractivity contribution in [2.24, 2.45) is 0 Å². The van der Waals surface area contributed by atoms with Gasteiger partial charge in [0.2, 0.25) is 5.91 Å². The van der Waals surface area contributed by atoms with Crippen molar-refractivity contribution in [2.75, 3.05) is 30.1 Å². The van der Waals surface area contributed by atoms with Gasteiger partial charge in [0.25, 0.3) is 0 Å². The second-order valence-corrected chi connectivity index (χ2v) is 5.84. The molecule has 2 rings (SSSR count). The van der Waals surface area contributed by atoms with Gasteiger partial charge in [-0.15, -0.1) is 11.8 Å². The molecule has 8 heteroatoms. The van der Waals surface area contributed by atoms with Crippen molar-refractivity contribution in [3.05, 3.63) is 23.4 Å². The van der Waals surface area contributed by atoms with Crippen molar-refractivity contribution >= 4 is 41.1 Å². The first-order valence-corrected chi connectivity index (χ1v) is 7.45. The summed E-state index contributed by atoms with van der Waals surface area (Å²) in [5.41, 5.74) is 0. The zero-order valence-electron chi connectivity index (χ0n) is 10.8. The van der Waals surface area contributed by atoms with Gasteiger partial charge in [0, 0.05) is 19.0 Å². The van der Waals surface area contributed by atoms with Crippen molar-refractivity contribution in [3.8, 4) is 0 Å². The topological polar surface area (TPSA) is 73.7 Å². The number of rotatable bonds is 4. The summed E-state index contributed by atoms with van der Waals surface area (Å²) >= 11 is 7.20. The molecule has 20 heavy (non-hydrogen) atoms. The second kappa shape index (κ2) is 6.32. The van der Waals surface area contributed by atoms with E-state index in [4.69, 9.17) is 16.7 Å². The highest BCUT2D eigenvalue weighted by Crippen LogP contribution is 2.21. The molecule has 1 aliphatic heterocycles. The van der Waals surface area contributed by atoms with E-state index in [0.29, 0.717) is 22.5 Å². The van der Waals surface area contributed by atoms with E-state index in [1.807, 2.05) is 0 Å². The smallest absolute Gasteiger partial charge is 0.327 e. The molecular formula is C12H14ClN3O3S. The molecular weight excluding hydrogens is 302 g/mol. The number of nitrogens with zero attached hydrogens (tertiary/aromatic N) is 3. The molecule has 2 heterocycles. The molecule has 108 valence electrons. The molecule has 1 aromatic rings. The van der Waals surface area contributed by atoms with Crippen LogP contribution in [0.15, 0.2) is 18.3 Å². The maximum Gasteiger partial charge on any atom is 0.327 e. The van der Waals surface area contributed by atoms with E-state index in [1.54, 1.807) is 24.1 Å². The highest BCUT2D eigenvalue weighted by molar-refractivity contribution is 7.99. The van der Waals surface area contributed by atoms with Gasteiger partial charge in [-0.1, -0.05) is 11.6 Å². The molecule has 6 nitrogen and oxygen atoms in total. The number of aromatic nitrogens is 1. The van der Waals surface area contributed by atoms with Gasteiger partial charge in [-0.2, -0.15) is 0 Å². The summed E-state index contributed by atoms with van der Waals surface area (Å²) < 4.78 is 0. The lowest BCUT2D eigenvalue weighted by atomic mass is 10.3. The average Bonchev–Trinajstić information content (AvgIpc) is 2.88. The molecule has 1 unspecified atom stereocenters. The van der Waals surface area contributed by atoms with Crippen LogP contribution in [0.5, 0.6) is 0 Å². The van der Waals surface area contributed by atoms with Crippen molar-refractivity contribution in [3.63, 3.8) is 0 Å². The molecule has 0 saturated carbocycles. The Labute approximate surface area is 125 Å². The first-order valence-electron chi connectivity index (χ1n) is 5.91. The Morgan fingerprint density at radius 3 is 2.95 bits per heavy atom. The summed E-state index contributed by atoms with van der Waals surface area (Å²) in [6, 6.07) is 2.67. The number of carbonyl (C=O) groups is 2. The zero-order valence-corrected chi connectivity index (χ0v) is 12.4. The Balaban J connectivity index is 2.00. The minimum Gasteiger partial charge on any atom is -0.480 e. The van der Waals surface area contributed by atoms with Crippen LogP contribution in [0.25, 0.3) is 0 Å². The molecule has 0 spiro atoms. The minimum atomic E-state index is -0.962. The molecule has 1 amide bonds. The van der Waals surface area contributed by atoms with Gasteiger partial charge in [0.05, 0.1) is 17.4 Å². The van der Waals surface area contributed by atoms with E-state index < -0.39 is 12.0 Å². The summed E-state index contributed by atoms with van der Waals surface area (Å²) in [6.07, 6.45) is 1.50. The third-order valence-corrected chi connectivity index (χ3v) is 4.20. The van der Waals surface area contributed by atoms with Gasteiger partial charge >= 0.3 is 5.97 Å². The fraction of sp³-hybridized carbons (Fsp3) is 0.417. The van der Waals surface area contributed by atoms with Crippen LogP contribution in [-0.2, 0) is 9.59 Å². The fourth-order valence-corrected chi connectivity index (χ4v) is 3.15. The Morgan fingerprint density at radius 1 is 1.60 bits per heavy atom. The Kier molecular flexibility index (Phi) is 4.72. The van der Waals surface area contributed by atoms with Crippen LogP contribution in [0.2, 0.25) is 5.02 Å². The summed E-state index contributed by atoms with van der Waals surface area (Å²) in [5.74, 6) is 0.278. The molecule has 0 radical (unpaired) electrons. The number of aliphatic carboxylic acids is 1. The molecule has 0 aliphatic carbocycles. The van der Waals surface area contributed by atoms with E-state index in [1.165, 1.54) is 22.9 Å². The predicted molar refractivity (Wildman–Crippen MR) is 78.1 cm³/mol. The molecule has 1 aromatic heterocycles. The van der Waals surface area contributed by atoms with E-state index in [2.05, 4.69) is 4.98 Å². The van der Waals surface area contributed by atoms with E-state index in [9.17, 15) is 9.59 Å². The first-order chi connectivity index (χ1) is 9.49. The number of halogens is 1. The minimum absolute atomic E-state index is 0.0823. The van der Waals surface area contributed by atoms with E-state index in [0.717, 1.165) is 0 Å². The molecule has 1 saturated heterocycles. The van der Waals surface area contributed by atoms with Gasteiger partial charge in [0.1, 0.15) is 11.9 Å². The summed E-state index contributed by atoms with van der Waals surface area (Å²) in [4.78, 5) is 30.4. The zero-order chi connectivity index (χ0) is 14.7. The number of amides is 1. The lowest BCUT2D eigenvalue weighted by Crippen LogP contribution is -2.45. The van der Waals surface area contributed by atoms with Crippen LogP contribution in [0.1, 0.15) is 0 Å². The molecule has 1 atom stereocenters. The number of pyridine rings is 1. The van der Waals surface area contributed by atoms with Crippen LogP contribution < -0.4 is 4.90 Å². The molecule has 1 fully saturated rings. The van der Waals surface area contributed by atoms with Gasteiger partial charge in [-0.25, -0.2) is 9.78 Å². The van der Waals surface area contributed by atoms with Crippen LogP contribution >= 0.6 is 23.4 Å². The maximum absolute atomic E-state index is 12.2. The highest BCUT2D eigenvalue weighted by atomic mass is 35.5. The Hall–Kier alpha value is -1.47. The Bertz CT molecular complexity index is 511. The van der Waals surface area contributed by atoms with Crippen molar-refractivity contribution < 1.29 is 14.7 Å². The number of hydrogen-bond acceptors (Lipinski definition) is 5. The number of likely N-dealkylation sites (N-methyl/N-ethyl adjacent to an activating group) is 1. The summed E-state index contributed by atoms with van der Waals surface area (Å²) in [5, 5.41) is 9.59. The molecule has 0 bridgehead atoms. The van der Waals surface area contributed by atoms with Crippen LogP contribution in [0.3, 0.4) is 0 Å². The number of anilines is 1. The lowest BCUT2D eigenvalue weighted by molar-refractivity contribution is -0.147. The fourth-order valence-electron chi connectivity index (χ4n) is 1.86. The standard InChI is InChI=1S/C12H14ClN3O3S/c1-15(10-3-2-8(13)4-14-10)5-11(17)16-7-20-6-9(16)12(18)19/h2-4,9H,5-7H2,1H3,(H,18,19). The lowest BCUT2D eigenvalue weighted by Gasteiger charge is -2.24. The first kappa shape index (κ1) is 14.9.